The quantitative estimate of drug-likeness (QED) is 0.602. The molecule has 1 aromatic carbocycles. The van der Waals surface area contributed by atoms with Crippen LogP contribution in [0.1, 0.15) is 36.6 Å². The summed E-state index contributed by atoms with van der Waals surface area (Å²) >= 11 is 0. The first-order valence-corrected chi connectivity index (χ1v) is 5.30. The van der Waals surface area contributed by atoms with E-state index in [0.717, 1.165) is 12.0 Å². The first-order valence-electron chi connectivity index (χ1n) is 5.30. The number of rotatable bonds is 0. The first-order chi connectivity index (χ1) is 7.12. The molecule has 2 aliphatic rings. The van der Waals surface area contributed by atoms with Crippen molar-refractivity contribution >= 4 is 0 Å². The molecule has 15 heavy (non-hydrogen) atoms. The lowest BCUT2D eigenvalue weighted by molar-refractivity contribution is 0.242. The van der Waals surface area contributed by atoms with E-state index in [1.807, 2.05) is 12.1 Å². The molecule has 3 rings (SSSR count). The molecular formula is C13H13NO. The van der Waals surface area contributed by atoms with Crippen LogP contribution in [0.4, 0.5) is 0 Å². The van der Waals surface area contributed by atoms with E-state index in [9.17, 15) is 0 Å². The van der Waals surface area contributed by atoms with Crippen LogP contribution in [0.3, 0.4) is 0 Å². The van der Waals surface area contributed by atoms with Crippen molar-refractivity contribution in [3.05, 3.63) is 34.9 Å². The molecule has 1 aliphatic carbocycles. The van der Waals surface area contributed by atoms with E-state index in [0.29, 0.717) is 6.10 Å². The van der Waals surface area contributed by atoms with Crippen LogP contribution in [0.15, 0.2) is 18.2 Å². The zero-order chi connectivity index (χ0) is 10.6. The molecule has 0 aromatic heterocycles. The van der Waals surface area contributed by atoms with Gasteiger partial charge in [-0.15, -0.1) is 0 Å². The maximum atomic E-state index is 8.85. The molecule has 2 heteroatoms. The average Bonchev–Trinajstić information content (AvgIpc) is 2.97. The van der Waals surface area contributed by atoms with Crippen LogP contribution in [0.25, 0.3) is 0 Å². The van der Waals surface area contributed by atoms with Gasteiger partial charge in [-0.1, -0.05) is 19.9 Å². The second-order valence-electron chi connectivity index (χ2n) is 5.17. The summed E-state index contributed by atoms with van der Waals surface area (Å²) in [7, 11) is 0. The molecule has 0 bridgehead atoms. The third-order valence-electron chi connectivity index (χ3n) is 3.49. The Balaban J connectivity index is 2.10. The smallest absolute Gasteiger partial charge is 0.110 e. The predicted molar refractivity (Wildman–Crippen MR) is 56.3 cm³/mol. The van der Waals surface area contributed by atoms with Crippen LogP contribution in [0.5, 0.6) is 0 Å². The van der Waals surface area contributed by atoms with E-state index >= 15 is 0 Å². The lowest BCUT2D eigenvalue weighted by Gasteiger charge is -2.27. The van der Waals surface area contributed by atoms with Gasteiger partial charge in [0.15, 0.2) is 0 Å². The summed E-state index contributed by atoms with van der Waals surface area (Å²) in [6.07, 6.45) is 1.66. The van der Waals surface area contributed by atoms with Crippen molar-refractivity contribution in [2.75, 3.05) is 0 Å². The standard InChI is InChI=1S/C13H13NO/c1-13(2)6-9-4-3-8(7-14)5-10(9)11-12(13)15-11/h3-5,11-12H,6H2,1-2H3. The molecule has 1 fully saturated rings. The highest BCUT2D eigenvalue weighted by molar-refractivity contribution is 5.44. The molecule has 0 amide bonds. The topological polar surface area (TPSA) is 36.3 Å². The van der Waals surface area contributed by atoms with Gasteiger partial charge in [-0.05, 0) is 35.1 Å². The van der Waals surface area contributed by atoms with Crippen LogP contribution < -0.4 is 0 Å². The molecule has 1 saturated heterocycles. The molecule has 1 aromatic rings. The van der Waals surface area contributed by atoms with Crippen LogP contribution in [0.2, 0.25) is 0 Å². The Morgan fingerprint density at radius 1 is 1.47 bits per heavy atom. The van der Waals surface area contributed by atoms with Crippen LogP contribution in [-0.2, 0) is 11.2 Å². The van der Waals surface area contributed by atoms with Crippen molar-refractivity contribution in [2.45, 2.75) is 32.5 Å². The lowest BCUT2D eigenvalue weighted by atomic mass is 9.74. The first kappa shape index (κ1) is 8.94. The summed E-state index contributed by atoms with van der Waals surface area (Å²) in [6, 6.07) is 8.14. The molecule has 2 nitrogen and oxygen atoms in total. The SMILES string of the molecule is CC1(C)Cc2ccc(C#N)cc2C2OC21. The normalized spacial score (nSPS) is 29.9. The monoisotopic (exact) mass is 199 g/mol. The van der Waals surface area contributed by atoms with Crippen LogP contribution in [-0.4, -0.2) is 6.10 Å². The Hall–Kier alpha value is -1.33. The molecule has 1 aliphatic heterocycles. The fourth-order valence-electron chi connectivity index (χ4n) is 2.62. The highest BCUT2D eigenvalue weighted by Crippen LogP contribution is 2.55. The molecule has 0 N–H and O–H groups in total. The van der Waals surface area contributed by atoms with Crippen LogP contribution >= 0.6 is 0 Å². The largest absolute Gasteiger partial charge is 0.364 e. The van der Waals surface area contributed by atoms with E-state index in [-0.39, 0.29) is 11.5 Å². The third-order valence-corrected chi connectivity index (χ3v) is 3.49. The number of benzene rings is 1. The lowest BCUT2D eigenvalue weighted by Crippen LogP contribution is -2.26. The summed E-state index contributed by atoms with van der Waals surface area (Å²) < 4.78 is 5.71. The Morgan fingerprint density at radius 2 is 2.27 bits per heavy atom. The van der Waals surface area contributed by atoms with Gasteiger partial charge < -0.3 is 4.74 Å². The second-order valence-corrected chi connectivity index (χ2v) is 5.17. The van der Waals surface area contributed by atoms with Gasteiger partial charge in [0.25, 0.3) is 0 Å². The second kappa shape index (κ2) is 2.62. The number of epoxide rings is 1. The zero-order valence-electron chi connectivity index (χ0n) is 8.95. The zero-order valence-corrected chi connectivity index (χ0v) is 8.95. The van der Waals surface area contributed by atoms with Gasteiger partial charge in [-0.25, -0.2) is 0 Å². The molecule has 76 valence electrons. The number of fused-ring (bicyclic) bond motifs is 3. The number of ether oxygens (including phenoxy) is 1. The highest BCUT2D eigenvalue weighted by Gasteiger charge is 2.54. The Bertz CT molecular complexity index is 470. The van der Waals surface area contributed by atoms with Crippen molar-refractivity contribution in [3.63, 3.8) is 0 Å². The number of hydrogen-bond acceptors (Lipinski definition) is 2. The summed E-state index contributed by atoms with van der Waals surface area (Å²) in [5, 5.41) is 8.85. The predicted octanol–water partition coefficient (Wildman–Crippen LogP) is 2.58. The van der Waals surface area contributed by atoms with Gasteiger partial charge in [0.2, 0.25) is 0 Å². The Morgan fingerprint density at radius 3 is 3.00 bits per heavy atom. The van der Waals surface area contributed by atoms with E-state index in [1.165, 1.54) is 11.1 Å². The summed E-state index contributed by atoms with van der Waals surface area (Å²) in [4.78, 5) is 0. The highest BCUT2D eigenvalue weighted by atomic mass is 16.6. The summed E-state index contributed by atoms with van der Waals surface area (Å²) in [5.41, 5.74) is 3.56. The molecule has 0 saturated carbocycles. The summed E-state index contributed by atoms with van der Waals surface area (Å²) in [5.74, 6) is 0. The molecule has 2 unspecified atom stereocenters. The fraction of sp³-hybridized carbons (Fsp3) is 0.462. The van der Waals surface area contributed by atoms with Gasteiger partial charge >= 0.3 is 0 Å². The molecule has 0 spiro atoms. The molecule has 1 heterocycles. The average molecular weight is 199 g/mol. The maximum absolute atomic E-state index is 8.85. The van der Waals surface area contributed by atoms with Crippen molar-refractivity contribution < 1.29 is 4.74 Å². The van der Waals surface area contributed by atoms with E-state index in [4.69, 9.17) is 10.00 Å². The van der Waals surface area contributed by atoms with Crippen molar-refractivity contribution in [1.29, 1.82) is 5.26 Å². The Kier molecular flexibility index (Phi) is 1.56. The van der Waals surface area contributed by atoms with Gasteiger partial charge in [-0.2, -0.15) is 5.26 Å². The number of hydrogen-bond donors (Lipinski definition) is 0. The fourth-order valence-corrected chi connectivity index (χ4v) is 2.62. The van der Waals surface area contributed by atoms with Gasteiger partial charge in [-0.3, -0.25) is 0 Å². The third kappa shape index (κ3) is 1.20. The molecular weight excluding hydrogens is 186 g/mol. The van der Waals surface area contributed by atoms with Crippen molar-refractivity contribution in [2.24, 2.45) is 5.41 Å². The van der Waals surface area contributed by atoms with E-state index in [2.05, 4.69) is 26.0 Å². The van der Waals surface area contributed by atoms with Gasteiger partial charge in [0.1, 0.15) is 6.10 Å². The maximum Gasteiger partial charge on any atom is 0.110 e. The number of nitriles is 1. The van der Waals surface area contributed by atoms with Crippen LogP contribution in [0, 0.1) is 16.7 Å². The molecule has 2 atom stereocenters. The minimum absolute atomic E-state index is 0.242. The summed E-state index contributed by atoms with van der Waals surface area (Å²) in [6.45, 7) is 4.50. The number of nitrogens with zero attached hydrogens (tertiary/aromatic N) is 1. The van der Waals surface area contributed by atoms with Gasteiger partial charge in [0.05, 0.1) is 17.7 Å². The van der Waals surface area contributed by atoms with Crippen molar-refractivity contribution in [3.8, 4) is 6.07 Å². The minimum atomic E-state index is 0.242. The Labute approximate surface area is 89.5 Å². The van der Waals surface area contributed by atoms with E-state index < -0.39 is 0 Å². The molecule has 0 radical (unpaired) electrons. The van der Waals surface area contributed by atoms with Gasteiger partial charge in [0, 0.05) is 0 Å². The van der Waals surface area contributed by atoms with Crippen molar-refractivity contribution in [1.82, 2.24) is 0 Å². The minimum Gasteiger partial charge on any atom is -0.364 e. The van der Waals surface area contributed by atoms with E-state index in [1.54, 1.807) is 0 Å².